The molecule has 0 N–H and O–H groups in total. The van der Waals surface area contributed by atoms with Crippen LogP contribution in [-0.2, 0) is 21.2 Å². The zero-order chi connectivity index (χ0) is 20.5. The summed E-state index contributed by atoms with van der Waals surface area (Å²) in [5.41, 5.74) is 1.94. The molecule has 0 radical (unpaired) electrons. The largest absolute Gasteiger partial charge is 0.495 e. The monoisotopic (exact) mass is 422 g/mol. The first-order valence-electron chi connectivity index (χ1n) is 9.03. The van der Waals surface area contributed by atoms with E-state index in [-0.39, 0.29) is 35.0 Å². The molecule has 8 heteroatoms. The van der Waals surface area contributed by atoms with E-state index in [9.17, 15) is 13.2 Å². The van der Waals surface area contributed by atoms with Gasteiger partial charge >= 0.3 is 0 Å². The van der Waals surface area contributed by atoms with Crippen LogP contribution in [0.5, 0.6) is 5.75 Å². The van der Waals surface area contributed by atoms with Crippen LogP contribution in [0.2, 0.25) is 5.02 Å². The van der Waals surface area contributed by atoms with Crippen molar-refractivity contribution in [2.45, 2.75) is 31.2 Å². The van der Waals surface area contributed by atoms with Crippen molar-refractivity contribution in [2.24, 2.45) is 0 Å². The number of amides is 1. The molecule has 0 aliphatic carbocycles. The van der Waals surface area contributed by atoms with E-state index in [1.54, 1.807) is 11.8 Å². The fourth-order valence-electron chi connectivity index (χ4n) is 3.50. The van der Waals surface area contributed by atoms with Gasteiger partial charge in [-0.3, -0.25) is 4.79 Å². The molecule has 2 aromatic rings. The second kappa shape index (κ2) is 8.11. The molecule has 0 spiro atoms. The third-order valence-electron chi connectivity index (χ3n) is 4.90. The highest BCUT2D eigenvalue weighted by atomic mass is 35.5. The molecule has 0 unspecified atom stereocenters. The first-order chi connectivity index (χ1) is 13.3. The minimum Gasteiger partial charge on any atom is -0.495 e. The van der Waals surface area contributed by atoms with Crippen molar-refractivity contribution in [3.05, 3.63) is 53.1 Å². The minimum atomic E-state index is -3.87. The Morgan fingerprint density at radius 1 is 1.29 bits per heavy atom. The molecule has 6 nitrogen and oxygen atoms in total. The number of carbonyl (C=O) groups is 1. The SMILES string of the molecule is CCN(CC(=O)N1c2ccccc2C[C@H]1C)S(=O)(=O)c1ccc(OC)c(Cl)c1. The third-order valence-corrected chi connectivity index (χ3v) is 7.11. The number of ether oxygens (including phenoxy) is 1. The number of nitrogens with zero attached hydrogens (tertiary/aromatic N) is 2. The zero-order valence-electron chi connectivity index (χ0n) is 16.1. The van der Waals surface area contributed by atoms with Crippen LogP contribution < -0.4 is 9.64 Å². The van der Waals surface area contributed by atoms with Gasteiger partial charge in [-0.1, -0.05) is 36.7 Å². The highest BCUT2D eigenvalue weighted by molar-refractivity contribution is 7.89. The second-order valence-corrected chi connectivity index (χ2v) is 9.02. The van der Waals surface area contributed by atoms with Gasteiger partial charge in [-0.05, 0) is 43.2 Å². The lowest BCUT2D eigenvalue weighted by molar-refractivity contribution is -0.119. The second-order valence-electron chi connectivity index (χ2n) is 6.67. The van der Waals surface area contributed by atoms with Crippen molar-refractivity contribution in [3.63, 3.8) is 0 Å². The third kappa shape index (κ3) is 3.74. The van der Waals surface area contributed by atoms with Gasteiger partial charge in [0.05, 0.1) is 23.6 Å². The van der Waals surface area contributed by atoms with Crippen molar-refractivity contribution in [2.75, 3.05) is 25.1 Å². The van der Waals surface area contributed by atoms with E-state index < -0.39 is 10.0 Å². The average Bonchev–Trinajstić information content (AvgIpc) is 3.01. The summed E-state index contributed by atoms with van der Waals surface area (Å²) < 4.78 is 32.3. The Labute approximate surface area is 170 Å². The van der Waals surface area contributed by atoms with Crippen LogP contribution in [0.15, 0.2) is 47.4 Å². The molecule has 1 aliphatic rings. The molecule has 150 valence electrons. The van der Waals surface area contributed by atoms with E-state index in [2.05, 4.69) is 0 Å². The summed E-state index contributed by atoms with van der Waals surface area (Å²) in [5.74, 6) is 0.143. The number of anilines is 1. The first-order valence-corrected chi connectivity index (χ1v) is 10.8. The Bertz CT molecular complexity index is 993. The number of rotatable bonds is 6. The minimum absolute atomic E-state index is 0.0123. The average molecular weight is 423 g/mol. The molecule has 3 rings (SSSR count). The maximum absolute atomic E-state index is 13.0. The number of likely N-dealkylation sites (N-methyl/N-ethyl adjacent to an activating group) is 1. The van der Waals surface area contributed by atoms with Crippen LogP contribution in [0.25, 0.3) is 0 Å². The number of halogens is 1. The van der Waals surface area contributed by atoms with Gasteiger partial charge in [0.25, 0.3) is 0 Å². The number of methoxy groups -OCH3 is 1. The molecule has 2 aromatic carbocycles. The van der Waals surface area contributed by atoms with Crippen molar-refractivity contribution < 1.29 is 17.9 Å². The fourth-order valence-corrected chi connectivity index (χ4v) is 5.24. The van der Waals surface area contributed by atoms with Crippen molar-refractivity contribution >= 4 is 33.2 Å². The highest BCUT2D eigenvalue weighted by Crippen LogP contribution is 2.32. The van der Waals surface area contributed by atoms with E-state index in [1.165, 1.54) is 29.6 Å². The Kier molecular flexibility index (Phi) is 5.98. The summed E-state index contributed by atoms with van der Waals surface area (Å²) >= 11 is 6.08. The molecule has 1 aliphatic heterocycles. The summed E-state index contributed by atoms with van der Waals surface area (Å²) in [4.78, 5) is 14.7. The lowest BCUT2D eigenvalue weighted by Gasteiger charge is -2.27. The van der Waals surface area contributed by atoms with E-state index >= 15 is 0 Å². The van der Waals surface area contributed by atoms with Crippen LogP contribution in [0.4, 0.5) is 5.69 Å². The number of carbonyl (C=O) groups excluding carboxylic acids is 1. The van der Waals surface area contributed by atoms with Crippen molar-refractivity contribution in [1.29, 1.82) is 0 Å². The summed E-state index contributed by atoms with van der Waals surface area (Å²) in [6, 6.07) is 12.0. The molecule has 28 heavy (non-hydrogen) atoms. The molecule has 0 saturated heterocycles. The quantitative estimate of drug-likeness (QED) is 0.716. The molecule has 0 bridgehead atoms. The van der Waals surface area contributed by atoms with Crippen molar-refractivity contribution in [3.8, 4) is 5.75 Å². The Morgan fingerprint density at radius 3 is 2.64 bits per heavy atom. The predicted molar refractivity (Wildman–Crippen MR) is 110 cm³/mol. The summed E-state index contributed by atoms with van der Waals surface area (Å²) in [6.07, 6.45) is 0.759. The number of para-hydroxylation sites is 1. The number of benzene rings is 2. The smallest absolute Gasteiger partial charge is 0.243 e. The van der Waals surface area contributed by atoms with Gasteiger partial charge < -0.3 is 9.64 Å². The van der Waals surface area contributed by atoms with Gasteiger partial charge in [0.1, 0.15) is 5.75 Å². The van der Waals surface area contributed by atoms with Gasteiger partial charge in [-0.15, -0.1) is 0 Å². The maximum Gasteiger partial charge on any atom is 0.243 e. The topological polar surface area (TPSA) is 66.9 Å². The van der Waals surface area contributed by atoms with Gasteiger partial charge in [-0.2, -0.15) is 4.31 Å². The lowest BCUT2D eigenvalue weighted by atomic mass is 10.1. The molecular weight excluding hydrogens is 400 g/mol. The number of fused-ring (bicyclic) bond motifs is 1. The Hall–Kier alpha value is -2.09. The van der Waals surface area contributed by atoms with E-state index in [0.717, 1.165) is 17.7 Å². The Balaban J connectivity index is 1.86. The number of hydrogen-bond acceptors (Lipinski definition) is 4. The molecular formula is C20H23ClN2O4S. The van der Waals surface area contributed by atoms with Crippen molar-refractivity contribution in [1.82, 2.24) is 4.31 Å². The summed E-state index contributed by atoms with van der Waals surface area (Å²) in [5, 5.41) is 0.202. The summed E-state index contributed by atoms with van der Waals surface area (Å²) in [7, 11) is -2.41. The van der Waals surface area contributed by atoms with E-state index in [0.29, 0.717) is 5.75 Å². The lowest BCUT2D eigenvalue weighted by Crippen LogP contribution is -2.45. The van der Waals surface area contributed by atoms with Gasteiger partial charge in [0.2, 0.25) is 15.9 Å². The van der Waals surface area contributed by atoms with Gasteiger partial charge in [-0.25, -0.2) is 8.42 Å². The van der Waals surface area contributed by atoms with Crippen LogP contribution in [0.3, 0.4) is 0 Å². The van der Waals surface area contributed by atoms with E-state index in [4.69, 9.17) is 16.3 Å². The fraction of sp³-hybridized carbons (Fsp3) is 0.350. The highest BCUT2D eigenvalue weighted by Gasteiger charge is 2.34. The molecule has 1 heterocycles. The summed E-state index contributed by atoms with van der Waals surface area (Å²) in [6.45, 7) is 3.60. The molecule has 1 amide bonds. The molecule has 0 saturated carbocycles. The Morgan fingerprint density at radius 2 is 2.00 bits per heavy atom. The van der Waals surface area contributed by atoms with Crippen LogP contribution in [0.1, 0.15) is 19.4 Å². The molecule has 0 fully saturated rings. The maximum atomic E-state index is 13.0. The van der Waals surface area contributed by atoms with Gasteiger partial charge in [0.15, 0.2) is 0 Å². The van der Waals surface area contributed by atoms with Gasteiger partial charge in [0, 0.05) is 18.3 Å². The first kappa shape index (κ1) is 20.6. The number of sulfonamides is 1. The van der Waals surface area contributed by atoms with Crippen LogP contribution in [0, 0.1) is 0 Å². The predicted octanol–water partition coefficient (Wildman–Crippen LogP) is 3.34. The standard InChI is InChI=1S/C20H23ClN2O4S/c1-4-22(28(25,26)16-9-10-19(27-3)17(21)12-16)13-20(24)23-14(2)11-15-7-5-6-8-18(15)23/h5-10,12,14H,4,11,13H2,1-3H3/t14-/m1/s1. The normalized spacial score (nSPS) is 16.3. The van der Waals surface area contributed by atoms with E-state index in [1.807, 2.05) is 31.2 Å². The van der Waals surface area contributed by atoms with Crippen LogP contribution in [-0.4, -0.2) is 44.9 Å². The number of hydrogen-bond donors (Lipinski definition) is 0. The molecule has 0 aromatic heterocycles. The van der Waals surface area contributed by atoms with Crippen LogP contribution >= 0.6 is 11.6 Å². The zero-order valence-corrected chi connectivity index (χ0v) is 17.6. The molecule has 1 atom stereocenters.